The van der Waals surface area contributed by atoms with Crippen molar-refractivity contribution in [3.05, 3.63) is 136 Å². The molecule has 336 valence electrons. The van der Waals surface area contributed by atoms with E-state index in [9.17, 15) is 9.59 Å². The van der Waals surface area contributed by atoms with Crippen LogP contribution in [0.2, 0.25) is 0 Å². The maximum Gasteiger partial charge on any atom is 0.489 e. The molecule has 0 unspecified atom stereocenters. The summed E-state index contributed by atoms with van der Waals surface area (Å²) in [6, 6.07) is 22.1. The number of carboxylic acid groups (broad SMARTS) is 1. The zero-order valence-electron chi connectivity index (χ0n) is 34.8. The summed E-state index contributed by atoms with van der Waals surface area (Å²) < 4.78 is 16.6. The third kappa shape index (κ3) is 13.1. The molecule has 0 aliphatic heterocycles. The van der Waals surface area contributed by atoms with Crippen LogP contribution in [0, 0.1) is 0 Å². The molecule has 5 N–H and O–H groups in total. The van der Waals surface area contributed by atoms with E-state index in [2.05, 4.69) is 84.0 Å². The Bertz CT molecular complexity index is 2710. The highest BCUT2D eigenvalue weighted by Gasteiger charge is 2.21. The third-order valence-corrected chi connectivity index (χ3v) is 9.58. The van der Waals surface area contributed by atoms with Gasteiger partial charge in [-0.3, -0.25) is 4.98 Å². The number of carbonyl (C=O) groups excluding carboxylic acids is 1. The fourth-order valence-electron chi connectivity index (χ4n) is 6.22. The first kappa shape index (κ1) is 48.7. The number of halogens is 1. The predicted molar refractivity (Wildman–Crippen MR) is 240 cm³/mol. The predicted octanol–water partition coefficient (Wildman–Crippen LogP) is 5.89. The number of aromatic nitrogens is 12. The van der Waals surface area contributed by atoms with E-state index in [1.807, 2.05) is 55.5 Å². The van der Waals surface area contributed by atoms with Gasteiger partial charge in [-0.2, -0.15) is 10.4 Å². The van der Waals surface area contributed by atoms with E-state index in [1.165, 1.54) is 0 Å². The van der Waals surface area contributed by atoms with E-state index in [0.717, 1.165) is 63.3 Å². The molecule has 6 aromatic heterocycles. The summed E-state index contributed by atoms with van der Waals surface area (Å²) in [5, 5.41) is 54.7. The summed E-state index contributed by atoms with van der Waals surface area (Å²) in [4.78, 5) is 40.1. The number of H-pyrrole nitrogens is 2. The second-order valence-corrected chi connectivity index (χ2v) is 14.5. The number of carboxylic acids is 1. The molecule has 0 aliphatic rings. The van der Waals surface area contributed by atoms with Gasteiger partial charge in [0.1, 0.15) is 16.1 Å². The van der Waals surface area contributed by atoms with Gasteiger partial charge in [0.15, 0.2) is 0 Å². The van der Waals surface area contributed by atoms with Crippen LogP contribution in [-0.4, -0.2) is 102 Å². The number of esters is 1. The number of nitrogens with one attached hydrogen (secondary N) is 2. The average molecular weight is 950 g/mol. The van der Waals surface area contributed by atoms with Gasteiger partial charge in [-0.1, -0.05) is 81.9 Å². The molecule has 20 nitrogen and oxygen atoms in total. The van der Waals surface area contributed by atoms with Gasteiger partial charge in [-0.25, -0.2) is 24.5 Å². The highest BCUT2D eigenvalue weighted by Crippen LogP contribution is 2.29. The number of aryl methyl sites for hydroxylation is 2. The molecule has 2 aromatic carbocycles. The first-order valence-corrected chi connectivity index (χ1v) is 20.8. The Balaban J connectivity index is 0.000000194. The minimum absolute atomic E-state index is 0. The lowest BCUT2D eigenvalue weighted by atomic mass is 9.77. The highest BCUT2D eigenvalue weighted by molar-refractivity contribution is 9.10. The normalized spacial score (nSPS) is 10.5. The third-order valence-electron chi connectivity index (χ3n) is 9.11. The van der Waals surface area contributed by atoms with Crippen LogP contribution < -0.4 is 5.46 Å². The Morgan fingerprint density at radius 2 is 1.25 bits per heavy atom. The van der Waals surface area contributed by atoms with E-state index in [4.69, 9.17) is 28.7 Å². The summed E-state index contributed by atoms with van der Waals surface area (Å²) in [5.74, 6) is 0.255. The zero-order chi connectivity index (χ0) is 45.4. The summed E-state index contributed by atoms with van der Waals surface area (Å²) in [7, 11) is -1.54. The van der Waals surface area contributed by atoms with Crippen LogP contribution in [0.4, 0.5) is 0 Å². The Labute approximate surface area is 381 Å². The van der Waals surface area contributed by atoms with Gasteiger partial charge in [-0.05, 0) is 74.8 Å². The van der Waals surface area contributed by atoms with Gasteiger partial charge < -0.3 is 28.7 Å². The molecule has 0 amide bonds. The van der Waals surface area contributed by atoms with Crippen LogP contribution in [-0.2, 0) is 30.4 Å². The first-order valence-electron chi connectivity index (χ1n) is 20.0. The van der Waals surface area contributed by atoms with Crippen molar-refractivity contribution < 1.29 is 38.3 Å². The van der Waals surface area contributed by atoms with Gasteiger partial charge in [-0.15, -0.1) is 20.4 Å². The molecule has 65 heavy (non-hydrogen) atoms. The smallest absolute Gasteiger partial charge is 0.474 e. The fraction of sp³-hybridized carbons (Fsp3) is 0.256. The Morgan fingerprint density at radius 1 is 0.708 bits per heavy atom. The topological polar surface area (TPSA) is 291 Å². The number of aromatic amines is 2. The van der Waals surface area contributed by atoms with Crippen LogP contribution in [0.1, 0.15) is 96.4 Å². The number of carbonyl (C=O) groups is 2. The van der Waals surface area contributed by atoms with Crippen LogP contribution in [0.25, 0.3) is 34.0 Å². The van der Waals surface area contributed by atoms with Crippen molar-refractivity contribution in [1.82, 2.24) is 61.2 Å². The zero-order valence-corrected chi connectivity index (χ0v) is 36.4. The van der Waals surface area contributed by atoms with Gasteiger partial charge in [0.2, 0.25) is 11.6 Å². The standard InChI is InChI=1S/C20H18N6O3.C15H17BrN2O3.C7H7BN4O2.CH4/c1-2-5-17-16(22-19(29-17)20(27)28)10-12-8-9-15(21-11-12)13-6-3-4-7-14(13)18-23-25-26-24-18;1-3-5-12-11(8-10-6-7-13(16)17-9-10)18-14(21-12)15(19)20-4-2;13-8(14)6-4-2-1-3-5(6)7-9-11-12-10-7;/h3-4,6-9,11H,2,5,10H2,1H3,(H,27,28)(H,23,24,25,26);6-7,9H,3-5,8H2,1-2H3;1-4,13-14H,(H,9,10,11,12);1H4. The number of rotatable bonds is 15. The molecular weight excluding hydrogens is 903 g/mol. The van der Waals surface area contributed by atoms with E-state index >= 15 is 0 Å². The number of pyridine rings is 2. The molecule has 8 rings (SSSR count). The number of hydrogen-bond acceptors (Lipinski definition) is 17. The largest absolute Gasteiger partial charge is 0.489 e. The molecule has 6 heterocycles. The van der Waals surface area contributed by atoms with Crippen molar-refractivity contribution in [2.24, 2.45) is 0 Å². The summed E-state index contributed by atoms with van der Waals surface area (Å²) >= 11 is 3.30. The van der Waals surface area contributed by atoms with Crippen LogP contribution in [0.5, 0.6) is 0 Å². The molecule has 8 aromatic rings. The van der Waals surface area contributed by atoms with Crippen molar-refractivity contribution in [3.8, 4) is 34.0 Å². The van der Waals surface area contributed by atoms with E-state index in [-0.39, 0.29) is 19.2 Å². The number of tetrazole rings is 2. The Kier molecular flexibility index (Phi) is 18.0. The molecule has 0 fully saturated rings. The van der Waals surface area contributed by atoms with Gasteiger partial charge in [0.25, 0.3) is 0 Å². The molecule has 22 heteroatoms. The van der Waals surface area contributed by atoms with E-state index < -0.39 is 19.1 Å². The van der Waals surface area contributed by atoms with Gasteiger partial charge >= 0.3 is 30.8 Å². The molecule has 0 aliphatic carbocycles. The molecule has 0 bridgehead atoms. The maximum absolute atomic E-state index is 11.7. The lowest BCUT2D eigenvalue weighted by molar-refractivity contribution is 0.0478. The van der Waals surface area contributed by atoms with Crippen molar-refractivity contribution in [3.63, 3.8) is 0 Å². The number of nitrogens with zero attached hydrogens (tertiary/aromatic N) is 10. The minimum atomic E-state index is -1.54. The minimum Gasteiger partial charge on any atom is -0.474 e. The molecule has 0 atom stereocenters. The number of ether oxygens (including phenoxy) is 1. The van der Waals surface area contributed by atoms with Crippen molar-refractivity contribution >= 4 is 40.4 Å². The number of hydrogen-bond donors (Lipinski definition) is 5. The first-order chi connectivity index (χ1) is 31.1. The number of benzene rings is 2. The molecular formula is C43H46BBrN12O8. The van der Waals surface area contributed by atoms with Crippen molar-refractivity contribution in [1.29, 1.82) is 0 Å². The molecule has 0 spiro atoms. The maximum atomic E-state index is 11.7. The molecule has 0 saturated heterocycles. The average Bonchev–Trinajstić information content (AvgIpc) is 4.16. The van der Waals surface area contributed by atoms with E-state index in [1.54, 1.807) is 43.6 Å². The van der Waals surface area contributed by atoms with Crippen molar-refractivity contribution in [2.75, 3.05) is 6.61 Å². The second kappa shape index (κ2) is 24.0. The summed E-state index contributed by atoms with van der Waals surface area (Å²) in [6.07, 6.45) is 7.70. The monoisotopic (exact) mass is 948 g/mol. The fourth-order valence-corrected chi connectivity index (χ4v) is 6.46. The highest BCUT2D eigenvalue weighted by atomic mass is 79.9. The van der Waals surface area contributed by atoms with E-state index in [0.29, 0.717) is 60.0 Å². The molecule has 0 saturated carbocycles. The summed E-state index contributed by atoms with van der Waals surface area (Å²) in [6.45, 7) is 6.11. The van der Waals surface area contributed by atoms with Gasteiger partial charge in [0.05, 0.1) is 23.7 Å². The lowest BCUT2D eigenvalue weighted by Gasteiger charge is -2.07. The Hall–Kier alpha value is -7.30. The van der Waals surface area contributed by atoms with Crippen LogP contribution in [0.3, 0.4) is 0 Å². The van der Waals surface area contributed by atoms with Crippen molar-refractivity contribution in [2.45, 2.75) is 66.7 Å². The molecule has 0 radical (unpaired) electrons. The lowest BCUT2D eigenvalue weighted by Crippen LogP contribution is -2.31. The summed E-state index contributed by atoms with van der Waals surface area (Å²) in [5.41, 5.74) is 6.72. The number of aromatic carboxylic acids is 1. The Morgan fingerprint density at radius 3 is 1.75 bits per heavy atom. The number of oxazole rings is 2. The van der Waals surface area contributed by atoms with Crippen LogP contribution in [0.15, 0.2) is 98.6 Å². The van der Waals surface area contributed by atoms with Crippen LogP contribution >= 0.6 is 15.9 Å². The second-order valence-electron chi connectivity index (χ2n) is 13.7. The quantitative estimate of drug-likeness (QED) is 0.0454. The SMILES string of the molecule is C.CCCc1oc(C(=O)O)nc1Cc1ccc(-c2ccccc2-c2nn[nH]n2)nc1.CCCc1oc(C(=O)OCC)nc1Cc1ccc(Br)nc1.OB(O)c1ccccc1-c1nn[nH]n1. The van der Waals surface area contributed by atoms with Gasteiger partial charge in [0, 0.05) is 54.8 Å².